The molecule has 1 aliphatic carbocycles. The number of aromatic nitrogens is 2. The topological polar surface area (TPSA) is 72.4 Å². The Labute approximate surface area is 171 Å². The molecule has 0 aliphatic heterocycles. The SMILES string of the molecule is Cc1cccn2cc(-c3ccc(NC(=O)C4CCC(N)C4)cc3)nc12.Cl.Cl. The number of amides is 1. The summed E-state index contributed by atoms with van der Waals surface area (Å²) >= 11 is 0. The van der Waals surface area contributed by atoms with Gasteiger partial charge in [0.1, 0.15) is 5.65 Å². The normalized spacial score (nSPS) is 18.6. The van der Waals surface area contributed by atoms with Gasteiger partial charge in [-0.25, -0.2) is 4.98 Å². The summed E-state index contributed by atoms with van der Waals surface area (Å²) in [4.78, 5) is 17.0. The largest absolute Gasteiger partial charge is 0.328 e. The third-order valence-electron chi connectivity index (χ3n) is 4.97. The van der Waals surface area contributed by atoms with Gasteiger partial charge >= 0.3 is 0 Å². The Kier molecular flexibility index (Phi) is 6.87. The predicted octanol–water partition coefficient (Wildman–Crippen LogP) is 4.22. The predicted molar refractivity (Wildman–Crippen MR) is 114 cm³/mol. The highest BCUT2D eigenvalue weighted by Crippen LogP contribution is 2.26. The van der Waals surface area contributed by atoms with E-state index >= 15 is 0 Å². The molecule has 0 bridgehead atoms. The fourth-order valence-corrected chi connectivity index (χ4v) is 3.52. The van der Waals surface area contributed by atoms with Crippen LogP contribution in [0, 0.1) is 12.8 Å². The zero-order chi connectivity index (χ0) is 17.4. The lowest BCUT2D eigenvalue weighted by molar-refractivity contribution is -0.119. The van der Waals surface area contributed by atoms with E-state index < -0.39 is 0 Å². The Balaban J connectivity index is 0.00000131. The van der Waals surface area contributed by atoms with Crippen molar-refractivity contribution in [2.75, 3.05) is 5.32 Å². The molecule has 2 heterocycles. The summed E-state index contributed by atoms with van der Waals surface area (Å²) in [7, 11) is 0. The van der Waals surface area contributed by atoms with E-state index in [0.717, 1.165) is 47.4 Å². The number of nitrogens with zero attached hydrogens (tertiary/aromatic N) is 2. The van der Waals surface area contributed by atoms with Crippen LogP contribution in [0.15, 0.2) is 48.8 Å². The molecule has 144 valence electrons. The van der Waals surface area contributed by atoms with Gasteiger partial charge in [0.15, 0.2) is 0 Å². The van der Waals surface area contributed by atoms with Gasteiger partial charge in [0.05, 0.1) is 5.69 Å². The molecule has 1 aliphatic rings. The molecule has 27 heavy (non-hydrogen) atoms. The van der Waals surface area contributed by atoms with E-state index in [0.29, 0.717) is 0 Å². The molecule has 2 atom stereocenters. The molecular weight excluding hydrogens is 383 g/mol. The molecule has 7 heteroatoms. The van der Waals surface area contributed by atoms with Crippen molar-refractivity contribution in [3.63, 3.8) is 0 Å². The number of carbonyl (C=O) groups excluding carboxylic acids is 1. The number of nitrogens with two attached hydrogens (primary N) is 1. The molecule has 2 aromatic heterocycles. The molecule has 0 saturated heterocycles. The summed E-state index contributed by atoms with van der Waals surface area (Å²) in [6, 6.07) is 12.1. The first-order valence-corrected chi connectivity index (χ1v) is 8.71. The molecule has 3 aromatic rings. The highest BCUT2D eigenvalue weighted by atomic mass is 35.5. The molecule has 4 rings (SSSR count). The lowest BCUT2D eigenvalue weighted by atomic mass is 10.1. The fraction of sp³-hybridized carbons (Fsp3) is 0.300. The van der Waals surface area contributed by atoms with Crippen molar-refractivity contribution in [1.29, 1.82) is 0 Å². The summed E-state index contributed by atoms with van der Waals surface area (Å²) in [5, 5.41) is 3.00. The second-order valence-corrected chi connectivity index (χ2v) is 6.88. The fourth-order valence-electron chi connectivity index (χ4n) is 3.52. The molecular formula is C20H24Cl2N4O. The van der Waals surface area contributed by atoms with Gasteiger partial charge in [0.2, 0.25) is 5.91 Å². The van der Waals surface area contributed by atoms with E-state index in [4.69, 9.17) is 10.7 Å². The Morgan fingerprint density at radius 3 is 2.56 bits per heavy atom. The maximum atomic E-state index is 12.3. The first kappa shape index (κ1) is 21.2. The number of rotatable bonds is 3. The highest BCUT2D eigenvalue weighted by molar-refractivity contribution is 5.93. The van der Waals surface area contributed by atoms with Crippen LogP contribution in [-0.4, -0.2) is 21.3 Å². The van der Waals surface area contributed by atoms with Crippen molar-refractivity contribution in [1.82, 2.24) is 9.38 Å². The number of hydrogen-bond acceptors (Lipinski definition) is 3. The monoisotopic (exact) mass is 406 g/mol. The minimum atomic E-state index is 0. The first-order chi connectivity index (χ1) is 12.1. The number of anilines is 1. The highest BCUT2D eigenvalue weighted by Gasteiger charge is 2.27. The van der Waals surface area contributed by atoms with E-state index in [1.165, 1.54) is 0 Å². The van der Waals surface area contributed by atoms with E-state index in [1.54, 1.807) is 0 Å². The number of nitrogens with one attached hydrogen (secondary N) is 1. The number of fused-ring (bicyclic) bond motifs is 1. The van der Waals surface area contributed by atoms with Crippen LogP contribution in [0.1, 0.15) is 24.8 Å². The van der Waals surface area contributed by atoms with Crippen LogP contribution < -0.4 is 11.1 Å². The molecule has 0 spiro atoms. The number of halogens is 2. The van der Waals surface area contributed by atoms with Crippen LogP contribution in [0.5, 0.6) is 0 Å². The smallest absolute Gasteiger partial charge is 0.227 e. The number of hydrogen-bond donors (Lipinski definition) is 2. The van der Waals surface area contributed by atoms with Crippen LogP contribution in [0.25, 0.3) is 16.9 Å². The maximum absolute atomic E-state index is 12.3. The van der Waals surface area contributed by atoms with Crippen molar-refractivity contribution >= 4 is 42.1 Å². The zero-order valence-electron chi connectivity index (χ0n) is 15.1. The number of aryl methyl sites for hydroxylation is 1. The van der Waals surface area contributed by atoms with Crippen molar-refractivity contribution in [3.05, 3.63) is 54.4 Å². The molecule has 1 fully saturated rings. The molecule has 1 aromatic carbocycles. The van der Waals surface area contributed by atoms with Crippen LogP contribution in [0.2, 0.25) is 0 Å². The third kappa shape index (κ3) is 4.43. The quantitative estimate of drug-likeness (QED) is 0.683. The van der Waals surface area contributed by atoms with Gasteiger partial charge in [0, 0.05) is 35.6 Å². The van der Waals surface area contributed by atoms with Crippen LogP contribution in [0.3, 0.4) is 0 Å². The maximum Gasteiger partial charge on any atom is 0.227 e. The molecule has 1 amide bonds. The van der Waals surface area contributed by atoms with Crippen molar-refractivity contribution in [2.24, 2.45) is 11.7 Å². The average molecular weight is 407 g/mol. The van der Waals surface area contributed by atoms with Gasteiger partial charge in [-0.3, -0.25) is 4.79 Å². The van der Waals surface area contributed by atoms with Gasteiger partial charge < -0.3 is 15.5 Å². The summed E-state index contributed by atoms with van der Waals surface area (Å²) in [5.41, 5.74) is 10.8. The Morgan fingerprint density at radius 1 is 1.19 bits per heavy atom. The van der Waals surface area contributed by atoms with Gasteiger partial charge in [-0.2, -0.15) is 0 Å². The Hall–Kier alpha value is -2.08. The van der Waals surface area contributed by atoms with Gasteiger partial charge in [-0.15, -0.1) is 24.8 Å². The lowest BCUT2D eigenvalue weighted by Gasteiger charge is -2.11. The minimum absolute atomic E-state index is 0. The summed E-state index contributed by atoms with van der Waals surface area (Å²) < 4.78 is 2.03. The second kappa shape index (κ2) is 8.74. The van der Waals surface area contributed by atoms with Crippen molar-refractivity contribution < 1.29 is 4.79 Å². The average Bonchev–Trinajstić information content (AvgIpc) is 3.23. The molecule has 0 radical (unpaired) electrons. The van der Waals surface area contributed by atoms with Gasteiger partial charge in [0.25, 0.3) is 0 Å². The number of imidazole rings is 1. The standard InChI is InChI=1S/C20H22N4O.2ClH/c1-13-3-2-10-24-12-18(23-19(13)24)14-5-8-17(9-6-14)22-20(25)15-4-7-16(21)11-15;;/h2-3,5-6,8-10,12,15-16H,4,7,11,21H2,1H3,(H,22,25);2*1H. The van der Waals surface area contributed by atoms with E-state index in [-0.39, 0.29) is 42.7 Å². The Morgan fingerprint density at radius 2 is 1.93 bits per heavy atom. The van der Waals surface area contributed by atoms with Crippen molar-refractivity contribution in [2.45, 2.75) is 32.2 Å². The van der Waals surface area contributed by atoms with Gasteiger partial charge in [-0.05, 0) is 49.9 Å². The van der Waals surface area contributed by atoms with E-state index in [1.807, 2.05) is 47.1 Å². The summed E-state index contributed by atoms with van der Waals surface area (Å²) in [5.74, 6) is 0.111. The third-order valence-corrected chi connectivity index (χ3v) is 4.97. The molecule has 3 N–H and O–H groups in total. The van der Waals surface area contributed by atoms with E-state index in [2.05, 4.69) is 18.3 Å². The van der Waals surface area contributed by atoms with Crippen LogP contribution >= 0.6 is 24.8 Å². The summed E-state index contributed by atoms with van der Waals surface area (Å²) in [6.45, 7) is 2.06. The van der Waals surface area contributed by atoms with E-state index in [9.17, 15) is 4.79 Å². The van der Waals surface area contributed by atoms with Crippen LogP contribution in [0.4, 0.5) is 5.69 Å². The number of benzene rings is 1. The molecule has 2 unspecified atom stereocenters. The lowest BCUT2D eigenvalue weighted by Crippen LogP contribution is -2.23. The summed E-state index contributed by atoms with van der Waals surface area (Å²) in [6.07, 6.45) is 6.62. The first-order valence-electron chi connectivity index (χ1n) is 8.71. The van der Waals surface area contributed by atoms with Crippen LogP contribution in [-0.2, 0) is 4.79 Å². The van der Waals surface area contributed by atoms with Gasteiger partial charge in [-0.1, -0.05) is 18.2 Å². The molecule has 5 nitrogen and oxygen atoms in total. The number of pyridine rings is 1. The van der Waals surface area contributed by atoms with Crippen molar-refractivity contribution in [3.8, 4) is 11.3 Å². The Bertz CT molecular complexity index is 923. The second-order valence-electron chi connectivity index (χ2n) is 6.88. The zero-order valence-corrected chi connectivity index (χ0v) is 16.7. The number of carbonyl (C=O) groups is 1. The minimum Gasteiger partial charge on any atom is -0.328 e. The molecule has 1 saturated carbocycles.